The largest absolute Gasteiger partial charge is 0.481 e. The maximum atomic E-state index is 14.4. The second-order valence-corrected chi connectivity index (χ2v) is 13.7. The summed E-state index contributed by atoms with van der Waals surface area (Å²) in [6.45, 7) is 2.96. The Kier molecular flexibility index (Phi) is 12.0. The smallest absolute Gasteiger partial charge is 0.419 e. The Labute approximate surface area is 311 Å². The van der Waals surface area contributed by atoms with Gasteiger partial charge in [0.2, 0.25) is 17.7 Å². The van der Waals surface area contributed by atoms with Crippen LogP contribution in [0.25, 0.3) is 22.5 Å². The number of hydrogen-bond donors (Lipinski definition) is 5. The number of anilines is 1. The van der Waals surface area contributed by atoms with Crippen molar-refractivity contribution in [3.63, 3.8) is 0 Å². The minimum atomic E-state index is -4.68. The van der Waals surface area contributed by atoms with Crippen LogP contribution in [0.3, 0.4) is 0 Å². The lowest BCUT2D eigenvalue weighted by Crippen LogP contribution is -2.35. The number of nitrogens with zero attached hydrogens (tertiary/aromatic N) is 3. The van der Waals surface area contributed by atoms with Crippen LogP contribution in [0, 0.1) is 0 Å². The van der Waals surface area contributed by atoms with E-state index in [4.69, 9.17) is 26.1 Å². The van der Waals surface area contributed by atoms with Crippen molar-refractivity contribution in [3.8, 4) is 34.3 Å². The number of methoxy groups -OCH3 is 2. The number of pyridine rings is 3. The first-order chi connectivity index (χ1) is 25.5. The van der Waals surface area contributed by atoms with Crippen molar-refractivity contribution in [1.29, 1.82) is 0 Å². The molecule has 0 bridgehead atoms. The molecule has 6 rings (SSSR count). The third-order valence-electron chi connectivity index (χ3n) is 9.48. The highest BCUT2D eigenvalue weighted by Crippen LogP contribution is 2.43. The van der Waals surface area contributed by atoms with E-state index in [0.29, 0.717) is 66.6 Å². The van der Waals surface area contributed by atoms with E-state index in [1.807, 2.05) is 30.3 Å². The molecule has 282 valence electrons. The zero-order chi connectivity index (χ0) is 37.7. The summed E-state index contributed by atoms with van der Waals surface area (Å²) in [6, 6.07) is 11.9. The number of alkyl halides is 3. The highest BCUT2D eigenvalue weighted by atomic mass is 35.5. The van der Waals surface area contributed by atoms with Crippen LogP contribution in [0.5, 0.6) is 11.8 Å². The summed E-state index contributed by atoms with van der Waals surface area (Å²) < 4.78 is 54.3. The predicted octanol–water partition coefficient (Wildman–Crippen LogP) is 6.22. The van der Waals surface area contributed by atoms with Crippen LogP contribution in [-0.2, 0) is 30.5 Å². The fourth-order valence-corrected chi connectivity index (χ4v) is 7.25. The lowest BCUT2D eigenvalue weighted by atomic mass is 9.83. The number of fused-ring (bicyclic) bond motifs is 1. The number of ether oxygens (including phenoxy) is 2. The Morgan fingerprint density at radius 3 is 2.49 bits per heavy atom. The Bertz CT molecular complexity index is 1940. The molecule has 11 nitrogen and oxygen atoms in total. The van der Waals surface area contributed by atoms with Crippen molar-refractivity contribution in [1.82, 2.24) is 30.9 Å². The van der Waals surface area contributed by atoms with E-state index in [0.717, 1.165) is 34.7 Å². The van der Waals surface area contributed by atoms with Gasteiger partial charge in [-0.2, -0.15) is 18.2 Å². The van der Waals surface area contributed by atoms with Gasteiger partial charge in [0.05, 0.1) is 48.3 Å². The molecule has 53 heavy (non-hydrogen) atoms. The van der Waals surface area contributed by atoms with Crippen molar-refractivity contribution in [2.75, 3.05) is 32.6 Å². The van der Waals surface area contributed by atoms with Gasteiger partial charge in [0.15, 0.2) is 0 Å². The molecular formula is C38H43ClF3N7O4. The van der Waals surface area contributed by atoms with Crippen LogP contribution in [0.2, 0.25) is 5.02 Å². The fraction of sp³-hybridized carbons (Fsp3) is 0.421. The van der Waals surface area contributed by atoms with Gasteiger partial charge in [0.25, 0.3) is 0 Å². The van der Waals surface area contributed by atoms with Gasteiger partial charge in [0.1, 0.15) is 5.82 Å². The van der Waals surface area contributed by atoms with Gasteiger partial charge in [-0.3, -0.25) is 9.78 Å². The Morgan fingerprint density at radius 1 is 1.00 bits per heavy atom. The number of carbonyl (C=O) groups excluding carboxylic acids is 1. The van der Waals surface area contributed by atoms with Crippen molar-refractivity contribution in [2.24, 2.45) is 0 Å². The molecule has 4 heterocycles. The Balaban J connectivity index is 1.27. The van der Waals surface area contributed by atoms with Crippen molar-refractivity contribution >= 4 is 23.3 Å². The predicted molar refractivity (Wildman–Crippen MR) is 196 cm³/mol. The molecule has 0 radical (unpaired) electrons. The van der Waals surface area contributed by atoms with Gasteiger partial charge in [-0.05, 0) is 61.9 Å². The average Bonchev–Trinajstić information content (AvgIpc) is 3.56. The lowest BCUT2D eigenvalue weighted by molar-refractivity contribution is -0.137. The molecule has 1 fully saturated rings. The van der Waals surface area contributed by atoms with Crippen molar-refractivity contribution in [3.05, 3.63) is 81.5 Å². The maximum absolute atomic E-state index is 14.4. The quantitative estimate of drug-likeness (QED) is 0.101. The van der Waals surface area contributed by atoms with E-state index in [1.54, 1.807) is 26.3 Å². The first-order valence-electron chi connectivity index (χ1n) is 17.6. The molecule has 0 saturated carbocycles. The molecule has 1 aliphatic carbocycles. The highest BCUT2D eigenvalue weighted by molar-refractivity contribution is 6.35. The van der Waals surface area contributed by atoms with Gasteiger partial charge in [-0.1, -0.05) is 35.9 Å². The minimum absolute atomic E-state index is 0.0406. The number of rotatable bonds is 14. The molecule has 3 atom stereocenters. The fourth-order valence-electron chi connectivity index (χ4n) is 6.94. The maximum Gasteiger partial charge on any atom is 0.419 e. The van der Waals surface area contributed by atoms with Gasteiger partial charge < -0.3 is 35.8 Å². The molecule has 1 aromatic carbocycles. The number of aliphatic hydroxyl groups is 1. The summed E-state index contributed by atoms with van der Waals surface area (Å²) in [6.07, 6.45) is -0.373. The Hall–Kier alpha value is -4.50. The topological polar surface area (TPSA) is 143 Å². The number of aromatic nitrogens is 3. The number of hydrogen-bond acceptors (Lipinski definition) is 10. The summed E-state index contributed by atoms with van der Waals surface area (Å²) in [5.74, 6) is 0.252. The van der Waals surface area contributed by atoms with Gasteiger partial charge in [0, 0.05) is 67.1 Å². The van der Waals surface area contributed by atoms with Gasteiger partial charge in [-0.15, -0.1) is 0 Å². The van der Waals surface area contributed by atoms with E-state index in [-0.39, 0.29) is 42.3 Å². The monoisotopic (exact) mass is 753 g/mol. The van der Waals surface area contributed by atoms with E-state index in [9.17, 15) is 23.1 Å². The molecule has 4 aromatic rings. The highest BCUT2D eigenvalue weighted by Gasteiger charge is 2.37. The number of carbonyl (C=O) groups is 1. The van der Waals surface area contributed by atoms with Crippen LogP contribution >= 0.6 is 11.6 Å². The van der Waals surface area contributed by atoms with Crippen molar-refractivity contribution < 1.29 is 32.5 Å². The number of benzene rings is 1. The van der Waals surface area contributed by atoms with Gasteiger partial charge in [-0.25, -0.2) is 4.98 Å². The number of amides is 1. The van der Waals surface area contributed by atoms with Crippen LogP contribution in [0.15, 0.2) is 48.7 Å². The lowest BCUT2D eigenvalue weighted by Gasteiger charge is -2.30. The normalized spacial score (nSPS) is 17.6. The van der Waals surface area contributed by atoms with Crippen LogP contribution < -0.4 is 30.7 Å². The molecule has 1 saturated heterocycles. The second-order valence-electron chi connectivity index (χ2n) is 13.3. The number of halogens is 4. The molecule has 1 aliphatic heterocycles. The summed E-state index contributed by atoms with van der Waals surface area (Å²) in [7, 11) is 2.92. The third kappa shape index (κ3) is 8.84. The molecule has 3 aromatic heterocycles. The zero-order valence-corrected chi connectivity index (χ0v) is 30.5. The summed E-state index contributed by atoms with van der Waals surface area (Å²) >= 11 is 7.09. The van der Waals surface area contributed by atoms with Crippen LogP contribution in [-0.4, -0.2) is 65.4 Å². The van der Waals surface area contributed by atoms with Gasteiger partial charge >= 0.3 is 6.18 Å². The standard InChI is InChI=1S/C38H43ClF3N7O4/c1-21(50)17-43-19-23-16-29(38(40,41)42)35(49-37(23)53-3)47-30-9-5-6-25-26(30)7-4-8-27(25)34-33(39)28(14-15-45-34)31-12-10-22(36(48-31)52-2)18-44-20-24-11-13-32(51)46-24/h4,7-8,10,12,14-16,21,24,30,43-44,50H,5-6,9,11,13,17-20H2,1-3H3,(H,46,51)(H,47,49)/t21?,24-,30-/m1/s1. The molecular weight excluding hydrogens is 711 g/mol. The summed E-state index contributed by atoms with van der Waals surface area (Å²) in [5.41, 5.74) is 4.52. The molecule has 2 aliphatic rings. The van der Waals surface area contributed by atoms with E-state index >= 15 is 0 Å². The summed E-state index contributed by atoms with van der Waals surface area (Å²) in [5, 5.41) is 22.3. The van der Waals surface area contributed by atoms with E-state index in [1.165, 1.54) is 7.11 Å². The number of aliphatic hydroxyl groups excluding tert-OH is 1. The molecule has 5 N–H and O–H groups in total. The molecule has 1 unspecified atom stereocenters. The number of nitrogens with one attached hydrogen (secondary N) is 4. The SMILES string of the molecule is COc1nc(-c2ccnc(-c3cccc4c3CCC[C@H]4Nc3nc(OC)c(CNCC(C)O)cc3C(F)(F)F)c2Cl)ccc1CNC[C@H]1CCC(=O)N1. The molecule has 0 spiro atoms. The first-order valence-corrected chi connectivity index (χ1v) is 18.0. The zero-order valence-electron chi connectivity index (χ0n) is 29.7. The molecule has 1 amide bonds. The van der Waals surface area contributed by atoms with Crippen LogP contribution in [0.4, 0.5) is 19.0 Å². The first kappa shape index (κ1) is 38.2. The minimum Gasteiger partial charge on any atom is -0.481 e. The van der Waals surface area contributed by atoms with E-state index < -0.39 is 23.9 Å². The van der Waals surface area contributed by atoms with Crippen molar-refractivity contribution in [2.45, 2.75) is 76.5 Å². The molecule has 15 heteroatoms. The Morgan fingerprint density at radius 2 is 1.77 bits per heavy atom. The average molecular weight is 754 g/mol. The van der Waals surface area contributed by atoms with E-state index in [2.05, 4.69) is 31.2 Å². The third-order valence-corrected chi connectivity index (χ3v) is 9.86. The second kappa shape index (κ2) is 16.7. The van der Waals surface area contributed by atoms with Crippen LogP contribution in [0.1, 0.15) is 66.5 Å². The summed E-state index contributed by atoms with van der Waals surface area (Å²) in [4.78, 5) is 25.2.